The second-order valence-electron chi connectivity index (χ2n) is 5.52. The highest BCUT2D eigenvalue weighted by atomic mass is 16.3. The maximum atomic E-state index is 12.0. The lowest BCUT2D eigenvalue weighted by molar-refractivity contribution is -0.121. The molecule has 4 N–H and O–H groups in total. The first-order chi connectivity index (χ1) is 12.6. The molecule has 0 saturated heterocycles. The number of carbonyl (C=O) groups excluding carboxylic acids is 1. The van der Waals surface area contributed by atoms with Crippen LogP contribution in [0.25, 0.3) is 22.8 Å². The van der Waals surface area contributed by atoms with E-state index in [1.54, 1.807) is 36.4 Å². The first kappa shape index (κ1) is 17.4. The zero-order valence-electron chi connectivity index (χ0n) is 13.8. The lowest BCUT2D eigenvalue weighted by Gasteiger charge is -2.07. The summed E-state index contributed by atoms with van der Waals surface area (Å²) < 4.78 is 1.35. The van der Waals surface area contributed by atoms with Crippen LogP contribution >= 0.6 is 0 Å². The number of para-hydroxylation sites is 2. The number of carbonyl (C=O) groups is 1. The molecule has 1 aromatic heterocycles. The van der Waals surface area contributed by atoms with E-state index in [0.717, 1.165) is 0 Å². The molecule has 0 fully saturated rings. The summed E-state index contributed by atoms with van der Waals surface area (Å²) in [6.45, 7) is -0.186. The summed E-state index contributed by atoms with van der Waals surface area (Å²) in [5, 5.41) is 35.9. The van der Waals surface area contributed by atoms with Crippen molar-refractivity contribution in [2.24, 2.45) is 0 Å². The molecule has 0 spiro atoms. The van der Waals surface area contributed by atoms with Gasteiger partial charge in [-0.15, -0.1) is 5.10 Å². The topological polar surface area (TPSA) is 121 Å². The number of aromatic nitrogens is 3. The van der Waals surface area contributed by atoms with E-state index in [-0.39, 0.29) is 42.9 Å². The highest BCUT2D eigenvalue weighted by Crippen LogP contribution is 2.31. The molecule has 1 heterocycles. The molecule has 8 heteroatoms. The number of phenols is 2. The van der Waals surface area contributed by atoms with Gasteiger partial charge in [-0.2, -0.15) is 0 Å². The van der Waals surface area contributed by atoms with Crippen LogP contribution in [0.3, 0.4) is 0 Å². The van der Waals surface area contributed by atoms with Crippen LogP contribution in [-0.4, -0.2) is 49.1 Å². The second kappa shape index (κ2) is 7.66. The molecule has 26 heavy (non-hydrogen) atoms. The van der Waals surface area contributed by atoms with Crippen molar-refractivity contribution in [1.82, 2.24) is 20.1 Å². The summed E-state index contributed by atoms with van der Waals surface area (Å²) in [4.78, 5) is 16.4. The first-order valence-corrected chi connectivity index (χ1v) is 7.99. The molecule has 134 valence electrons. The highest BCUT2D eigenvalue weighted by molar-refractivity contribution is 5.77. The quantitative estimate of drug-likeness (QED) is 0.527. The van der Waals surface area contributed by atoms with Gasteiger partial charge in [0.15, 0.2) is 11.6 Å². The van der Waals surface area contributed by atoms with Crippen molar-refractivity contribution < 1.29 is 20.1 Å². The van der Waals surface area contributed by atoms with Gasteiger partial charge in [0.1, 0.15) is 18.0 Å². The Morgan fingerprint density at radius 1 is 1.00 bits per heavy atom. The molecule has 0 saturated carbocycles. The maximum Gasteiger partial charge on any atom is 0.241 e. The van der Waals surface area contributed by atoms with Crippen molar-refractivity contribution in [2.75, 3.05) is 13.2 Å². The van der Waals surface area contributed by atoms with Crippen LogP contribution in [0, 0.1) is 0 Å². The lowest BCUT2D eigenvalue weighted by atomic mass is 10.2. The van der Waals surface area contributed by atoms with Gasteiger partial charge in [-0.1, -0.05) is 24.3 Å². The first-order valence-electron chi connectivity index (χ1n) is 7.99. The van der Waals surface area contributed by atoms with Gasteiger partial charge in [-0.05, 0) is 24.3 Å². The van der Waals surface area contributed by atoms with Gasteiger partial charge in [0.2, 0.25) is 5.91 Å². The van der Waals surface area contributed by atoms with Crippen LogP contribution in [-0.2, 0) is 11.3 Å². The standard InChI is InChI=1S/C18H18N4O4/c23-10-9-19-16(26)11-22-18(13-6-2-4-8-15(13)25)20-17(21-22)12-5-1-3-7-14(12)24/h1-8,23-25H,9-11H2,(H,19,26). The Morgan fingerprint density at radius 2 is 1.62 bits per heavy atom. The minimum absolute atomic E-state index is 0.000694. The van der Waals surface area contributed by atoms with E-state index >= 15 is 0 Å². The zero-order chi connectivity index (χ0) is 18.5. The van der Waals surface area contributed by atoms with Crippen molar-refractivity contribution >= 4 is 5.91 Å². The number of aliphatic hydroxyl groups is 1. The normalized spacial score (nSPS) is 10.7. The lowest BCUT2D eigenvalue weighted by Crippen LogP contribution is -2.30. The number of amides is 1. The van der Waals surface area contributed by atoms with E-state index in [2.05, 4.69) is 15.4 Å². The minimum atomic E-state index is -0.357. The fourth-order valence-corrected chi connectivity index (χ4v) is 2.48. The van der Waals surface area contributed by atoms with E-state index in [0.29, 0.717) is 17.0 Å². The van der Waals surface area contributed by atoms with Gasteiger partial charge in [-0.3, -0.25) is 4.79 Å². The van der Waals surface area contributed by atoms with Crippen LogP contribution in [0.4, 0.5) is 0 Å². The smallest absolute Gasteiger partial charge is 0.241 e. The molecule has 2 aromatic carbocycles. The van der Waals surface area contributed by atoms with Gasteiger partial charge in [-0.25, -0.2) is 9.67 Å². The zero-order valence-corrected chi connectivity index (χ0v) is 13.8. The Hall–Kier alpha value is -3.39. The number of hydrogen-bond acceptors (Lipinski definition) is 6. The summed E-state index contributed by atoms with van der Waals surface area (Å²) >= 11 is 0. The van der Waals surface area contributed by atoms with Crippen LogP contribution < -0.4 is 5.32 Å². The molecule has 1 amide bonds. The van der Waals surface area contributed by atoms with Gasteiger partial charge < -0.3 is 20.6 Å². The summed E-state index contributed by atoms with van der Waals surface area (Å²) in [7, 11) is 0. The highest BCUT2D eigenvalue weighted by Gasteiger charge is 2.19. The third-order valence-electron chi connectivity index (χ3n) is 3.69. The van der Waals surface area contributed by atoms with E-state index in [1.807, 2.05) is 0 Å². The minimum Gasteiger partial charge on any atom is -0.507 e. The van der Waals surface area contributed by atoms with Crippen molar-refractivity contribution in [3.63, 3.8) is 0 Å². The van der Waals surface area contributed by atoms with Gasteiger partial charge in [0, 0.05) is 6.54 Å². The van der Waals surface area contributed by atoms with Crippen LogP contribution in [0.15, 0.2) is 48.5 Å². The van der Waals surface area contributed by atoms with Crippen LogP contribution in [0.1, 0.15) is 0 Å². The van der Waals surface area contributed by atoms with Crippen LogP contribution in [0.5, 0.6) is 11.5 Å². The average Bonchev–Trinajstić information content (AvgIpc) is 3.04. The number of aromatic hydroxyl groups is 2. The van der Waals surface area contributed by atoms with E-state index in [9.17, 15) is 15.0 Å². The molecule has 0 radical (unpaired) electrons. The summed E-state index contributed by atoms with van der Waals surface area (Å²) in [5.74, 6) is 0.181. The molecular weight excluding hydrogens is 336 g/mol. The molecule has 8 nitrogen and oxygen atoms in total. The van der Waals surface area contributed by atoms with E-state index < -0.39 is 0 Å². The van der Waals surface area contributed by atoms with Crippen molar-refractivity contribution in [3.8, 4) is 34.3 Å². The number of aliphatic hydroxyl groups excluding tert-OH is 1. The predicted molar refractivity (Wildman–Crippen MR) is 94.3 cm³/mol. The Bertz CT molecular complexity index is 923. The molecule has 0 aliphatic heterocycles. The number of nitrogens with one attached hydrogen (secondary N) is 1. The Kier molecular flexibility index (Phi) is 5.14. The van der Waals surface area contributed by atoms with Crippen LogP contribution in [0.2, 0.25) is 0 Å². The van der Waals surface area contributed by atoms with Crippen molar-refractivity contribution in [3.05, 3.63) is 48.5 Å². The maximum absolute atomic E-state index is 12.0. The second-order valence-corrected chi connectivity index (χ2v) is 5.52. The Balaban J connectivity index is 2.05. The summed E-state index contributed by atoms with van der Waals surface area (Å²) in [6, 6.07) is 13.2. The van der Waals surface area contributed by atoms with Crippen molar-refractivity contribution in [1.29, 1.82) is 0 Å². The molecule has 0 bridgehead atoms. The largest absolute Gasteiger partial charge is 0.507 e. The van der Waals surface area contributed by atoms with Gasteiger partial charge >= 0.3 is 0 Å². The fourth-order valence-electron chi connectivity index (χ4n) is 2.48. The van der Waals surface area contributed by atoms with E-state index in [4.69, 9.17) is 5.11 Å². The van der Waals surface area contributed by atoms with Gasteiger partial charge in [0.05, 0.1) is 17.7 Å². The number of hydrogen-bond donors (Lipinski definition) is 4. The van der Waals surface area contributed by atoms with E-state index in [1.165, 1.54) is 16.8 Å². The average molecular weight is 354 g/mol. The van der Waals surface area contributed by atoms with Gasteiger partial charge in [0.25, 0.3) is 0 Å². The molecular formula is C18H18N4O4. The summed E-state index contributed by atoms with van der Waals surface area (Å²) in [6.07, 6.45) is 0. The molecule has 0 atom stereocenters. The molecule has 3 aromatic rings. The number of nitrogens with zero attached hydrogens (tertiary/aromatic N) is 3. The fraction of sp³-hybridized carbons (Fsp3) is 0.167. The number of phenolic OH excluding ortho intramolecular Hbond substituents is 2. The SMILES string of the molecule is O=C(Cn1nc(-c2ccccc2O)nc1-c1ccccc1O)NCCO. The molecule has 0 aliphatic carbocycles. The third-order valence-corrected chi connectivity index (χ3v) is 3.69. The predicted octanol–water partition coefficient (Wildman–Crippen LogP) is 1.13. The molecule has 0 aliphatic rings. The summed E-state index contributed by atoms with van der Waals surface area (Å²) in [5.41, 5.74) is 0.829. The van der Waals surface area contributed by atoms with Crippen molar-refractivity contribution in [2.45, 2.75) is 6.54 Å². The number of benzene rings is 2. The number of rotatable bonds is 6. The third kappa shape index (κ3) is 3.65. The monoisotopic (exact) mass is 354 g/mol. The molecule has 0 unspecified atom stereocenters. The Labute approximate surface area is 149 Å². The Morgan fingerprint density at radius 3 is 2.23 bits per heavy atom. The molecule has 3 rings (SSSR count).